The highest BCUT2D eigenvalue weighted by atomic mass is 19.1. The SMILES string of the molecule is [O-]c1ccc(CF)cc1. The van der Waals surface area contributed by atoms with Crippen LogP contribution in [-0.2, 0) is 6.67 Å². The zero-order valence-electron chi connectivity index (χ0n) is 4.80. The van der Waals surface area contributed by atoms with E-state index < -0.39 is 6.67 Å². The molecule has 0 aromatic heterocycles. The topological polar surface area (TPSA) is 23.1 Å². The van der Waals surface area contributed by atoms with Crippen LogP contribution in [0, 0.1) is 0 Å². The van der Waals surface area contributed by atoms with Gasteiger partial charge in [-0.1, -0.05) is 24.3 Å². The van der Waals surface area contributed by atoms with E-state index in [2.05, 4.69) is 0 Å². The maximum Gasteiger partial charge on any atom is 0.115 e. The van der Waals surface area contributed by atoms with Gasteiger partial charge in [0.2, 0.25) is 0 Å². The van der Waals surface area contributed by atoms with Crippen LogP contribution in [0.15, 0.2) is 24.3 Å². The highest BCUT2D eigenvalue weighted by Crippen LogP contribution is 2.06. The zero-order valence-corrected chi connectivity index (χ0v) is 4.80. The van der Waals surface area contributed by atoms with Gasteiger partial charge in [-0.15, -0.1) is 5.75 Å². The Morgan fingerprint density at radius 3 is 2.22 bits per heavy atom. The highest BCUT2D eigenvalue weighted by Gasteiger charge is 1.84. The lowest BCUT2D eigenvalue weighted by atomic mass is 10.2. The molecule has 0 heterocycles. The lowest BCUT2D eigenvalue weighted by Gasteiger charge is -2.02. The first-order valence-corrected chi connectivity index (χ1v) is 2.65. The van der Waals surface area contributed by atoms with Gasteiger partial charge in [0.15, 0.2) is 0 Å². The minimum Gasteiger partial charge on any atom is -0.872 e. The first-order valence-electron chi connectivity index (χ1n) is 2.65. The van der Waals surface area contributed by atoms with Crippen molar-refractivity contribution in [2.24, 2.45) is 0 Å². The summed E-state index contributed by atoms with van der Waals surface area (Å²) < 4.78 is 11.8. The Morgan fingerprint density at radius 1 is 1.22 bits per heavy atom. The van der Waals surface area contributed by atoms with Gasteiger partial charge in [0, 0.05) is 0 Å². The molecule has 0 spiro atoms. The predicted octanol–water partition coefficient (Wildman–Crippen LogP) is 1.23. The van der Waals surface area contributed by atoms with Gasteiger partial charge in [-0.05, 0) is 5.56 Å². The smallest absolute Gasteiger partial charge is 0.115 e. The quantitative estimate of drug-likeness (QED) is 0.553. The van der Waals surface area contributed by atoms with E-state index in [4.69, 9.17) is 0 Å². The van der Waals surface area contributed by atoms with Gasteiger partial charge in [0.25, 0.3) is 0 Å². The molecule has 1 rings (SSSR count). The van der Waals surface area contributed by atoms with E-state index >= 15 is 0 Å². The van der Waals surface area contributed by atoms with E-state index in [1.54, 1.807) is 0 Å². The fourth-order valence-corrected chi connectivity index (χ4v) is 0.579. The van der Waals surface area contributed by atoms with Gasteiger partial charge in [-0.2, -0.15) is 0 Å². The van der Waals surface area contributed by atoms with Crippen LogP contribution in [0.1, 0.15) is 5.56 Å². The average molecular weight is 125 g/mol. The molecule has 48 valence electrons. The standard InChI is InChI=1S/C7H7FO/c8-5-6-1-3-7(9)4-2-6/h1-4,9H,5H2/p-1. The number of hydrogen-bond donors (Lipinski definition) is 0. The van der Waals surface area contributed by atoms with E-state index in [1.165, 1.54) is 24.3 Å². The van der Waals surface area contributed by atoms with Crippen LogP contribution in [0.25, 0.3) is 0 Å². The third kappa shape index (κ3) is 1.42. The van der Waals surface area contributed by atoms with Crippen LogP contribution in [0.4, 0.5) is 4.39 Å². The molecule has 0 radical (unpaired) electrons. The second-order valence-corrected chi connectivity index (χ2v) is 1.78. The van der Waals surface area contributed by atoms with Crippen molar-refractivity contribution in [3.05, 3.63) is 29.8 Å². The fourth-order valence-electron chi connectivity index (χ4n) is 0.579. The minimum atomic E-state index is -0.500. The molecule has 1 nitrogen and oxygen atoms in total. The summed E-state index contributed by atoms with van der Waals surface area (Å²) in [6.45, 7) is -0.500. The number of benzene rings is 1. The third-order valence-corrected chi connectivity index (χ3v) is 1.08. The number of alkyl halides is 1. The summed E-state index contributed by atoms with van der Waals surface area (Å²) in [5.74, 6) is -0.0767. The Kier molecular flexibility index (Phi) is 1.68. The lowest BCUT2D eigenvalue weighted by molar-refractivity contribution is -0.268. The van der Waals surface area contributed by atoms with Gasteiger partial charge < -0.3 is 5.11 Å². The molecule has 0 unspecified atom stereocenters. The molecule has 2 heteroatoms. The van der Waals surface area contributed by atoms with Crippen molar-refractivity contribution in [3.8, 4) is 5.75 Å². The largest absolute Gasteiger partial charge is 0.872 e. The van der Waals surface area contributed by atoms with Gasteiger partial charge in [0.1, 0.15) is 6.67 Å². The zero-order chi connectivity index (χ0) is 6.69. The molecule has 0 bridgehead atoms. The second kappa shape index (κ2) is 2.49. The van der Waals surface area contributed by atoms with Crippen LogP contribution in [0.3, 0.4) is 0 Å². The van der Waals surface area contributed by atoms with Crippen molar-refractivity contribution in [2.45, 2.75) is 6.67 Å². The highest BCUT2D eigenvalue weighted by molar-refractivity contribution is 5.24. The van der Waals surface area contributed by atoms with E-state index in [0.29, 0.717) is 5.56 Å². The number of halogens is 1. The molecule has 0 aliphatic rings. The summed E-state index contributed by atoms with van der Waals surface area (Å²) in [7, 11) is 0. The summed E-state index contributed by atoms with van der Waals surface area (Å²) >= 11 is 0. The Balaban J connectivity index is 2.88. The molecule has 9 heavy (non-hydrogen) atoms. The van der Waals surface area contributed by atoms with Crippen molar-refractivity contribution in [2.75, 3.05) is 0 Å². The first-order chi connectivity index (χ1) is 4.33. The summed E-state index contributed by atoms with van der Waals surface area (Å²) in [5.41, 5.74) is 0.551. The molecule has 1 aromatic rings. The maximum absolute atomic E-state index is 11.8. The van der Waals surface area contributed by atoms with Crippen molar-refractivity contribution >= 4 is 0 Å². The van der Waals surface area contributed by atoms with E-state index in [-0.39, 0.29) is 5.75 Å². The second-order valence-electron chi connectivity index (χ2n) is 1.78. The van der Waals surface area contributed by atoms with E-state index in [0.717, 1.165) is 0 Å². The van der Waals surface area contributed by atoms with Crippen LogP contribution >= 0.6 is 0 Å². The minimum absolute atomic E-state index is 0.0767. The van der Waals surface area contributed by atoms with Crippen molar-refractivity contribution in [1.82, 2.24) is 0 Å². The van der Waals surface area contributed by atoms with Gasteiger partial charge in [-0.25, -0.2) is 4.39 Å². The average Bonchev–Trinajstić information content (AvgIpc) is 1.90. The summed E-state index contributed by atoms with van der Waals surface area (Å²) in [5, 5.41) is 10.4. The Labute approximate surface area is 52.8 Å². The molecule has 0 fully saturated rings. The molecule has 1 aromatic carbocycles. The summed E-state index contributed by atoms with van der Waals surface area (Å²) in [4.78, 5) is 0. The van der Waals surface area contributed by atoms with Crippen molar-refractivity contribution < 1.29 is 9.50 Å². The van der Waals surface area contributed by atoms with Gasteiger partial charge in [0.05, 0.1) is 0 Å². The summed E-state index contributed by atoms with van der Waals surface area (Å²) in [6.07, 6.45) is 0. The fraction of sp³-hybridized carbons (Fsp3) is 0.143. The lowest BCUT2D eigenvalue weighted by Crippen LogP contribution is -1.88. The molecule has 0 atom stereocenters. The molecule has 0 saturated heterocycles. The van der Waals surface area contributed by atoms with Crippen molar-refractivity contribution in [3.63, 3.8) is 0 Å². The van der Waals surface area contributed by atoms with Crippen molar-refractivity contribution in [1.29, 1.82) is 0 Å². The van der Waals surface area contributed by atoms with Crippen LogP contribution in [0.5, 0.6) is 5.75 Å². The molecule has 0 amide bonds. The van der Waals surface area contributed by atoms with E-state index in [9.17, 15) is 9.50 Å². The molecule has 0 N–H and O–H groups in total. The number of rotatable bonds is 1. The Bertz CT molecular complexity index is 181. The normalized spacial score (nSPS) is 9.44. The molecule has 0 saturated carbocycles. The monoisotopic (exact) mass is 125 g/mol. The van der Waals surface area contributed by atoms with Gasteiger partial charge in [-0.3, -0.25) is 0 Å². The predicted molar refractivity (Wildman–Crippen MR) is 30.7 cm³/mol. The van der Waals surface area contributed by atoms with Crippen LogP contribution in [-0.4, -0.2) is 0 Å². The first kappa shape index (κ1) is 6.08. The molecule has 0 aliphatic carbocycles. The van der Waals surface area contributed by atoms with E-state index in [1.807, 2.05) is 0 Å². The third-order valence-electron chi connectivity index (χ3n) is 1.08. The van der Waals surface area contributed by atoms with Crippen LogP contribution < -0.4 is 5.11 Å². The molecule has 0 aliphatic heterocycles. The Morgan fingerprint density at radius 2 is 1.78 bits per heavy atom. The Hall–Kier alpha value is -1.05. The number of hydrogen-bond acceptors (Lipinski definition) is 1. The molecular weight excluding hydrogens is 119 g/mol. The van der Waals surface area contributed by atoms with Crippen LogP contribution in [0.2, 0.25) is 0 Å². The maximum atomic E-state index is 11.8. The summed E-state index contributed by atoms with van der Waals surface area (Å²) in [6, 6.07) is 5.69. The molecular formula is C7H6FO-. The van der Waals surface area contributed by atoms with Gasteiger partial charge >= 0.3 is 0 Å².